The lowest BCUT2D eigenvalue weighted by molar-refractivity contribution is 0.00811. The molecule has 4 nitrogen and oxygen atoms in total. The number of ether oxygens (including phenoxy) is 2. The minimum absolute atomic E-state index is 0.137. The molecule has 0 heterocycles. The molecule has 0 bridgehead atoms. The van der Waals surface area contributed by atoms with Crippen molar-refractivity contribution in [3.63, 3.8) is 0 Å². The van der Waals surface area contributed by atoms with Crippen molar-refractivity contribution in [2.24, 2.45) is 0 Å². The van der Waals surface area contributed by atoms with E-state index in [9.17, 15) is 4.79 Å². The van der Waals surface area contributed by atoms with Crippen molar-refractivity contribution in [3.05, 3.63) is 0 Å². The van der Waals surface area contributed by atoms with Crippen molar-refractivity contribution in [1.29, 1.82) is 0 Å². The van der Waals surface area contributed by atoms with E-state index in [0.29, 0.717) is 6.61 Å². The molecule has 6 heteroatoms. The minimum atomic E-state index is -1.81. The van der Waals surface area contributed by atoms with Crippen LogP contribution in [0.4, 0.5) is 4.79 Å². The van der Waals surface area contributed by atoms with Gasteiger partial charge in [0.1, 0.15) is 6.10 Å². The molecule has 0 saturated carbocycles. The molecular weight excluding hydrogens is 272 g/mol. The number of alkyl halides is 1. The Morgan fingerprint density at radius 1 is 1.22 bits per heavy atom. The van der Waals surface area contributed by atoms with Crippen LogP contribution in [0.3, 0.4) is 0 Å². The third kappa shape index (κ3) is 6.61. The smallest absolute Gasteiger partial charge is 0.429 e. The highest BCUT2D eigenvalue weighted by molar-refractivity contribution is 6.74. The average molecular weight is 297 g/mol. The van der Waals surface area contributed by atoms with Crippen LogP contribution in [-0.4, -0.2) is 32.7 Å². The number of hydrogen-bond donors (Lipinski definition) is 0. The maximum Gasteiger partial charge on any atom is 0.510 e. The minimum Gasteiger partial charge on any atom is -0.429 e. The Morgan fingerprint density at radius 2 is 1.72 bits per heavy atom. The van der Waals surface area contributed by atoms with Crippen molar-refractivity contribution < 1.29 is 18.7 Å². The molecule has 0 amide bonds. The second-order valence-electron chi connectivity index (χ2n) is 5.91. The van der Waals surface area contributed by atoms with E-state index in [1.54, 1.807) is 13.8 Å². The van der Waals surface area contributed by atoms with Gasteiger partial charge in [0, 0.05) is 0 Å². The highest BCUT2D eigenvalue weighted by Crippen LogP contribution is 2.36. The van der Waals surface area contributed by atoms with Crippen LogP contribution in [0.2, 0.25) is 18.1 Å². The van der Waals surface area contributed by atoms with Gasteiger partial charge in [0.2, 0.25) is 0 Å². The fourth-order valence-electron chi connectivity index (χ4n) is 0.901. The van der Waals surface area contributed by atoms with Crippen molar-refractivity contribution in [1.82, 2.24) is 0 Å². The van der Waals surface area contributed by atoms with E-state index in [2.05, 4.69) is 38.6 Å². The molecule has 0 aromatic carbocycles. The topological polar surface area (TPSA) is 44.8 Å². The highest BCUT2D eigenvalue weighted by atomic mass is 35.5. The second kappa shape index (κ2) is 6.77. The lowest BCUT2D eigenvalue weighted by atomic mass is 10.2. The van der Waals surface area contributed by atoms with Gasteiger partial charge in [0.25, 0.3) is 0 Å². The SMILES string of the molecule is CC(Cl)OC(=O)OC(C)CO[Si](C)(C)C(C)(C)C. The molecule has 2 atom stereocenters. The van der Waals surface area contributed by atoms with Gasteiger partial charge in [-0.15, -0.1) is 0 Å². The van der Waals surface area contributed by atoms with E-state index in [0.717, 1.165) is 0 Å². The lowest BCUT2D eigenvalue weighted by Crippen LogP contribution is -2.42. The average Bonchev–Trinajstić information content (AvgIpc) is 2.11. The Labute approximate surface area is 116 Å². The summed E-state index contributed by atoms with van der Waals surface area (Å²) < 4.78 is 15.6. The first-order valence-corrected chi connectivity index (χ1v) is 9.45. The van der Waals surface area contributed by atoms with Crippen LogP contribution in [0, 0.1) is 0 Å². The summed E-state index contributed by atoms with van der Waals surface area (Å²) in [6.07, 6.45) is -1.11. The van der Waals surface area contributed by atoms with E-state index in [1.807, 2.05) is 0 Å². The summed E-state index contributed by atoms with van der Waals surface area (Å²) in [5, 5.41) is 0.137. The molecule has 0 aliphatic rings. The molecule has 0 saturated heterocycles. The zero-order valence-electron chi connectivity index (χ0n) is 12.4. The van der Waals surface area contributed by atoms with Crippen molar-refractivity contribution >= 4 is 26.1 Å². The van der Waals surface area contributed by atoms with Crippen LogP contribution < -0.4 is 0 Å². The van der Waals surface area contributed by atoms with Gasteiger partial charge in [0.15, 0.2) is 13.9 Å². The normalized spacial score (nSPS) is 16.0. The van der Waals surface area contributed by atoms with Crippen LogP contribution in [0.5, 0.6) is 0 Å². The Bertz CT molecular complexity index is 274. The molecule has 0 aromatic heterocycles. The van der Waals surface area contributed by atoms with E-state index in [-0.39, 0.29) is 11.1 Å². The molecular formula is C12H25ClO4Si. The standard InChI is InChI=1S/C12H25ClO4Si/c1-9(16-11(14)17-10(2)13)8-15-18(6,7)12(3,4)5/h9-10H,8H2,1-7H3. The van der Waals surface area contributed by atoms with Crippen LogP contribution in [-0.2, 0) is 13.9 Å². The molecule has 0 aromatic rings. The van der Waals surface area contributed by atoms with Gasteiger partial charge in [0.05, 0.1) is 6.61 Å². The monoisotopic (exact) mass is 296 g/mol. The molecule has 108 valence electrons. The maximum absolute atomic E-state index is 11.2. The van der Waals surface area contributed by atoms with Crippen molar-refractivity contribution in [3.8, 4) is 0 Å². The van der Waals surface area contributed by atoms with E-state index >= 15 is 0 Å². The van der Waals surface area contributed by atoms with Gasteiger partial charge >= 0.3 is 6.16 Å². The molecule has 2 unspecified atom stereocenters. The van der Waals surface area contributed by atoms with Gasteiger partial charge in [-0.25, -0.2) is 4.79 Å². The zero-order chi connectivity index (χ0) is 14.6. The number of rotatable bonds is 5. The predicted molar refractivity (Wildman–Crippen MR) is 75.5 cm³/mol. The number of hydrogen-bond acceptors (Lipinski definition) is 4. The van der Waals surface area contributed by atoms with Crippen molar-refractivity contribution in [2.45, 2.75) is 64.4 Å². The molecule has 0 aliphatic carbocycles. The first kappa shape index (κ1) is 17.7. The van der Waals surface area contributed by atoms with Gasteiger partial charge < -0.3 is 13.9 Å². The summed E-state index contributed by atoms with van der Waals surface area (Å²) in [5.74, 6) is 0. The molecule has 0 aliphatic heterocycles. The third-order valence-corrected chi connectivity index (χ3v) is 7.63. The van der Waals surface area contributed by atoms with Gasteiger partial charge in [-0.3, -0.25) is 0 Å². The molecule has 0 radical (unpaired) electrons. The first-order chi connectivity index (χ1) is 7.95. The van der Waals surface area contributed by atoms with Crippen LogP contribution in [0.1, 0.15) is 34.6 Å². The largest absolute Gasteiger partial charge is 0.510 e. The number of carbonyl (C=O) groups excluding carboxylic acids is 1. The predicted octanol–water partition coefficient (Wildman–Crippen LogP) is 4.13. The summed E-state index contributed by atoms with van der Waals surface area (Å²) >= 11 is 5.52. The van der Waals surface area contributed by atoms with Gasteiger partial charge in [-0.2, -0.15) is 0 Å². The van der Waals surface area contributed by atoms with Crippen LogP contribution >= 0.6 is 11.6 Å². The molecule has 0 fully saturated rings. The summed E-state index contributed by atoms with van der Waals surface area (Å²) in [5.41, 5.74) is -0.689. The van der Waals surface area contributed by atoms with Crippen LogP contribution in [0.15, 0.2) is 0 Å². The molecule has 0 N–H and O–H groups in total. The molecule has 18 heavy (non-hydrogen) atoms. The zero-order valence-corrected chi connectivity index (χ0v) is 14.1. The second-order valence-corrected chi connectivity index (χ2v) is 11.3. The lowest BCUT2D eigenvalue weighted by Gasteiger charge is -2.36. The Hall–Kier alpha value is -0.263. The number of carbonyl (C=O) groups is 1. The number of halogens is 1. The Kier molecular flexibility index (Phi) is 6.67. The maximum atomic E-state index is 11.2. The van der Waals surface area contributed by atoms with E-state index in [1.165, 1.54) is 0 Å². The fourth-order valence-corrected chi connectivity index (χ4v) is 2.06. The van der Waals surface area contributed by atoms with Crippen molar-refractivity contribution in [2.75, 3.05) is 6.61 Å². The van der Waals surface area contributed by atoms with E-state index in [4.69, 9.17) is 20.8 Å². The molecule has 0 spiro atoms. The molecule has 0 rings (SSSR count). The fraction of sp³-hybridized carbons (Fsp3) is 0.917. The van der Waals surface area contributed by atoms with Crippen LogP contribution in [0.25, 0.3) is 0 Å². The van der Waals surface area contributed by atoms with E-state index < -0.39 is 20.0 Å². The third-order valence-electron chi connectivity index (χ3n) is 3.04. The summed E-state index contributed by atoms with van der Waals surface area (Å²) in [6.45, 7) is 14.5. The Morgan fingerprint density at radius 3 is 2.11 bits per heavy atom. The highest BCUT2D eigenvalue weighted by Gasteiger charge is 2.37. The first-order valence-electron chi connectivity index (χ1n) is 6.11. The van der Waals surface area contributed by atoms with Gasteiger partial charge in [-0.1, -0.05) is 32.4 Å². The summed E-state index contributed by atoms with van der Waals surface area (Å²) in [6, 6.07) is 0. The summed E-state index contributed by atoms with van der Waals surface area (Å²) in [7, 11) is -1.81. The quantitative estimate of drug-likeness (QED) is 0.434. The Balaban J connectivity index is 4.12. The summed E-state index contributed by atoms with van der Waals surface area (Å²) in [4.78, 5) is 11.2. The van der Waals surface area contributed by atoms with Gasteiger partial charge in [-0.05, 0) is 32.0 Å².